The van der Waals surface area contributed by atoms with E-state index in [-0.39, 0.29) is 0 Å². The molecule has 1 saturated heterocycles. The highest BCUT2D eigenvalue weighted by Crippen LogP contribution is 2.05. The van der Waals surface area contributed by atoms with Crippen molar-refractivity contribution in [2.75, 3.05) is 6.54 Å². The Morgan fingerprint density at radius 3 is 2.80 bits per heavy atom. The fraction of sp³-hybridized carbons (Fsp3) is 0.857. The summed E-state index contributed by atoms with van der Waals surface area (Å²) in [5.41, 5.74) is 0.954. The minimum Gasteiger partial charge on any atom is -0.411 e. The molecule has 2 atom stereocenters. The summed E-state index contributed by atoms with van der Waals surface area (Å²) in [5.74, 6) is 0.446. The summed E-state index contributed by atoms with van der Waals surface area (Å²) in [4.78, 5) is 0. The van der Waals surface area contributed by atoms with Crippen molar-refractivity contribution in [3.8, 4) is 0 Å². The summed E-state index contributed by atoms with van der Waals surface area (Å²) in [5, 5.41) is 14.1. The number of rotatable bonds is 0. The van der Waals surface area contributed by atoms with Crippen LogP contribution < -0.4 is 5.32 Å². The van der Waals surface area contributed by atoms with E-state index in [1.165, 1.54) is 0 Å². The first-order valence-electron chi connectivity index (χ1n) is 3.78. The lowest BCUT2D eigenvalue weighted by Gasteiger charge is -2.22. The van der Waals surface area contributed by atoms with E-state index in [4.69, 9.17) is 5.21 Å². The Labute approximate surface area is 61.1 Å². The topological polar surface area (TPSA) is 49.2 Å². The van der Waals surface area contributed by atoms with Crippen LogP contribution in [0.15, 0.2) is 5.16 Å². The maximum absolute atomic E-state index is 8.55. The smallest absolute Gasteiger partial charge is 0.0885 e. The minimum atomic E-state index is 0.446. The van der Waals surface area contributed by atoms with Crippen molar-refractivity contribution in [1.29, 1.82) is 0 Å². The van der Waals surface area contributed by atoms with E-state index >= 15 is 0 Å². The third kappa shape index (κ3) is 1.48. The zero-order chi connectivity index (χ0) is 7.56. The van der Waals surface area contributed by atoms with Crippen LogP contribution in [0.25, 0.3) is 0 Å². The van der Waals surface area contributed by atoms with Gasteiger partial charge in [0.05, 0.1) is 18.3 Å². The highest BCUT2D eigenvalue weighted by Gasteiger charge is 2.23. The largest absolute Gasteiger partial charge is 0.411 e. The number of oxime groups is 1. The Bertz CT molecular complexity index is 145. The van der Waals surface area contributed by atoms with Crippen molar-refractivity contribution in [3.05, 3.63) is 0 Å². The van der Waals surface area contributed by atoms with Crippen molar-refractivity contribution in [2.24, 2.45) is 11.1 Å². The molecule has 1 aliphatic rings. The second kappa shape index (κ2) is 3.01. The van der Waals surface area contributed by atoms with Crippen LogP contribution in [0.5, 0.6) is 0 Å². The van der Waals surface area contributed by atoms with Crippen LogP contribution in [-0.2, 0) is 0 Å². The quantitative estimate of drug-likeness (QED) is 0.358. The lowest BCUT2D eigenvalue weighted by molar-refractivity contribution is -0.691. The number of nitrogens with zero attached hydrogens (tertiary/aromatic N) is 1. The molecule has 0 amide bonds. The normalized spacial score (nSPS) is 38.4. The molecule has 0 spiro atoms. The standard InChI is InChI=1S/C7H14N2O/c1-5-4-8-6(2)3-7(5)9-10/h5-6,8,10H,3-4H2,1-2H3/p+1/b9-7+/t5-,6+/m0/s1. The Morgan fingerprint density at radius 1 is 1.60 bits per heavy atom. The van der Waals surface area contributed by atoms with Gasteiger partial charge in [-0.2, -0.15) is 0 Å². The van der Waals surface area contributed by atoms with E-state index in [9.17, 15) is 0 Å². The molecule has 1 aliphatic heterocycles. The molecule has 0 radical (unpaired) electrons. The highest BCUT2D eigenvalue weighted by molar-refractivity contribution is 5.86. The summed E-state index contributed by atoms with van der Waals surface area (Å²) in [6, 6.07) is 0.585. The van der Waals surface area contributed by atoms with Crippen LogP contribution in [0.4, 0.5) is 0 Å². The maximum Gasteiger partial charge on any atom is 0.0885 e. The average Bonchev–Trinajstić information content (AvgIpc) is 1.94. The molecule has 0 aromatic carbocycles. The molecule has 10 heavy (non-hydrogen) atoms. The first-order valence-corrected chi connectivity index (χ1v) is 3.78. The van der Waals surface area contributed by atoms with Crippen molar-refractivity contribution < 1.29 is 10.5 Å². The Hall–Kier alpha value is -0.570. The van der Waals surface area contributed by atoms with Gasteiger partial charge in [-0.1, -0.05) is 12.1 Å². The van der Waals surface area contributed by atoms with Gasteiger partial charge in [-0.25, -0.2) is 0 Å². The van der Waals surface area contributed by atoms with Crippen molar-refractivity contribution in [3.63, 3.8) is 0 Å². The number of hydrogen-bond acceptors (Lipinski definition) is 2. The fourth-order valence-electron chi connectivity index (χ4n) is 1.33. The lowest BCUT2D eigenvalue weighted by Crippen LogP contribution is -2.92. The van der Waals surface area contributed by atoms with Crippen molar-refractivity contribution >= 4 is 5.71 Å². The van der Waals surface area contributed by atoms with Crippen molar-refractivity contribution in [2.45, 2.75) is 26.3 Å². The first kappa shape index (κ1) is 7.54. The number of piperidine rings is 1. The van der Waals surface area contributed by atoms with Crippen LogP contribution in [0, 0.1) is 5.92 Å². The molecular formula is C7H15N2O+. The van der Waals surface area contributed by atoms with Gasteiger partial charge >= 0.3 is 0 Å². The molecule has 0 aliphatic carbocycles. The number of hydrogen-bond donors (Lipinski definition) is 2. The minimum absolute atomic E-state index is 0.446. The molecule has 3 nitrogen and oxygen atoms in total. The van der Waals surface area contributed by atoms with Crippen LogP contribution in [0.2, 0.25) is 0 Å². The van der Waals surface area contributed by atoms with Gasteiger partial charge in [0.15, 0.2) is 0 Å². The van der Waals surface area contributed by atoms with Gasteiger partial charge < -0.3 is 10.5 Å². The van der Waals surface area contributed by atoms with Gasteiger partial charge in [0.1, 0.15) is 0 Å². The SMILES string of the molecule is C[C@@H]1C/C(=N\O)[C@@H](C)C[NH2+]1. The molecule has 0 bridgehead atoms. The monoisotopic (exact) mass is 143 g/mol. The Morgan fingerprint density at radius 2 is 2.30 bits per heavy atom. The molecule has 0 unspecified atom stereocenters. The number of nitrogens with two attached hydrogens (primary N) is 1. The molecule has 3 N–H and O–H groups in total. The molecular weight excluding hydrogens is 128 g/mol. The van der Waals surface area contributed by atoms with Gasteiger partial charge in [0, 0.05) is 12.3 Å². The third-order valence-electron chi connectivity index (χ3n) is 2.12. The second-order valence-electron chi connectivity index (χ2n) is 3.15. The molecule has 0 aromatic heterocycles. The average molecular weight is 143 g/mol. The van der Waals surface area contributed by atoms with E-state index in [0.29, 0.717) is 12.0 Å². The molecule has 1 heterocycles. The maximum atomic E-state index is 8.55. The Kier molecular flexibility index (Phi) is 2.27. The molecule has 0 aromatic rings. The summed E-state index contributed by atoms with van der Waals surface area (Å²) in [6.07, 6.45) is 0.928. The van der Waals surface area contributed by atoms with Crippen LogP contribution in [-0.4, -0.2) is 23.5 Å². The zero-order valence-electron chi connectivity index (χ0n) is 6.54. The first-order chi connectivity index (χ1) is 4.74. The third-order valence-corrected chi connectivity index (χ3v) is 2.12. The molecule has 3 heteroatoms. The van der Waals surface area contributed by atoms with E-state index < -0.39 is 0 Å². The van der Waals surface area contributed by atoms with Gasteiger partial charge in [0.2, 0.25) is 0 Å². The summed E-state index contributed by atoms with van der Waals surface area (Å²) < 4.78 is 0. The highest BCUT2D eigenvalue weighted by atomic mass is 16.4. The lowest BCUT2D eigenvalue weighted by atomic mass is 9.95. The van der Waals surface area contributed by atoms with Crippen LogP contribution in [0.3, 0.4) is 0 Å². The summed E-state index contributed by atoms with van der Waals surface area (Å²) >= 11 is 0. The van der Waals surface area contributed by atoms with Gasteiger partial charge in [-0.15, -0.1) is 0 Å². The van der Waals surface area contributed by atoms with E-state index in [2.05, 4.69) is 24.3 Å². The zero-order valence-corrected chi connectivity index (χ0v) is 6.54. The molecule has 0 saturated carbocycles. The molecule has 1 rings (SSSR count). The summed E-state index contributed by atoms with van der Waals surface area (Å²) in [6.45, 7) is 5.30. The van der Waals surface area contributed by atoms with E-state index in [1.54, 1.807) is 0 Å². The van der Waals surface area contributed by atoms with Gasteiger partial charge in [-0.05, 0) is 6.92 Å². The number of quaternary nitrogens is 1. The van der Waals surface area contributed by atoms with Gasteiger partial charge in [0.25, 0.3) is 0 Å². The molecule has 58 valence electrons. The van der Waals surface area contributed by atoms with E-state index in [1.807, 2.05) is 0 Å². The fourth-order valence-corrected chi connectivity index (χ4v) is 1.33. The van der Waals surface area contributed by atoms with Crippen LogP contribution in [0.1, 0.15) is 20.3 Å². The second-order valence-corrected chi connectivity index (χ2v) is 3.15. The van der Waals surface area contributed by atoms with E-state index in [0.717, 1.165) is 18.7 Å². The predicted octanol–water partition coefficient (Wildman–Crippen LogP) is -0.192. The predicted molar refractivity (Wildman–Crippen MR) is 39.3 cm³/mol. The van der Waals surface area contributed by atoms with Crippen molar-refractivity contribution in [1.82, 2.24) is 0 Å². The Balaban J connectivity index is 2.54. The summed E-state index contributed by atoms with van der Waals surface area (Å²) in [7, 11) is 0. The van der Waals surface area contributed by atoms with Gasteiger partial charge in [-0.3, -0.25) is 0 Å². The molecule has 1 fully saturated rings. The van der Waals surface area contributed by atoms with Crippen LogP contribution >= 0.6 is 0 Å².